The molecule has 0 radical (unpaired) electrons. The summed E-state index contributed by atoms with van der Waals surface area (Å²) < 4.78 is 16.8. The maximum Gasteiger partial charge on any atom is 0.336 e. The largest absolute Gasteiger partial charge is 0.497 e. The molecule has 1 unspecified atom stereocenters. The van der Waals surface area contributed by atoms with Gasteiger partial charge in [0.1, 0.15) is 17.3 Å². The van der Waals surface area contributed by atoms with E-state index in [4.69, 9.17) is 34.6 Å². The van der Waals surface area contributed by atoms with Crippen LogP contribution in [0.3, 0.4) is 0 Å². The highest BCUT2D eigenvalue weighted by Gasteiger charge is 2.40. The van der Waals surface area contributed by atoms with Gasteiger partial charge in [0.2, 0.25) is 0 Å². The Labute approximate surface area is 232 Å². The number of methoxy groups -OCH3 is 2. The second kappa shape index (κ2) is 15.6. The summed E-state index contributed by atoms with van der Waals surface area (Å²) >= 11 is 0. The first-order valence-electron chi connectivity index (χ1n) is 12.6. The number of pyridine rings is 1. The molecule has 1 aliphatic rings. The van der Waals surface area contributed by atoms with Crippen molar-refractivity contribution in [2.45, 2.75) is 50.5 Å². The van der Waals surface area contributed by atoms with Crippen molar-refractivity contribution in [1.82, 2.24) is 9.88 Å². The molecule has 0 spiro atoms. The van der Waals surface area contributed by atoms with E-state index >= 15 is 0 Å². The van der Waals surface area contributed by atoms with Crippen LogP contribution < -0.4 is 14.8 Å². The number of benzene rings is 1. The third kappa shape index (κ3) is 9.98. The number of aliphatic carboxylic acids is 3. The average Bonchev–Trinajstić information content (AvgIpc) is 3.41. The van der Waals surface area contributed by atoms with Gasteiger partial charge in [-0.3, -0.25) is 14.5 Å². The molecule has 13 heteroatoms. The van der Waals surface area contributed by atoms with Crippen molar-refractivity contribution in [3.05, 3.63) is 47.7 Å². The van der Waals surface area contributed by atoms with Gasteiger partial charge in [0.25, 0.3) is 0 Å². The third-order valence-corrected chi connectivity index (χ3v) is 6.18. The molecular weight excluding hydrogens is 526 g/mol. The van der Waals surface area contributed by atoms with Crippen molar-refractivity contribution >= 4 is 23.7 Å². The zero-order valence-electron chi connectivity index (χ0n) is 22.8. The summed E-state index contributed by atoms with van der Waals surface area (Å²) in [4.78, 5) is 37.3. The number of aromatic nitrogens is 1. The molecule has 1 aromatic heterocycles. The first kappa shape index (κ1) is 32.3. The number of anilines is 1. The smallest absolute Gasteiger partial charge is 0.336 e. The minimum absolute atomic E-state index is 0.281. The Bertz CT molecular complexity index is 1120. The molecule has 0 aliphatic carbocycles. The molecule has 5 N–H and O–H groups in total. The second-order valence-electron chi connectivity index (χ2n) is 9.22. The fourth-order valence-corrected chi connectivity index (χ4v) is 4.23. The van der Waals surface area contributed by atoms with Crippen LogP contribution in [0.4, 0.5) is 5.82 Å². The zero-order chi connectivity index (χ0) is 29.7. The van der Waals surface area contributed by atoms with Gasteiger partial charge in [-0.15, -0.1) is 0 Å². The predicted molar refractivity (Wildman–Crippen MR) is 144 cm³/mol. The Morgan fingerprint density at radius 2 is 1.75 bits per heavy atom. The van der Waals surface area contributed by atoms with Gasteiger partial charge in [0.15, 0.2) is 5.60 Å². The highest BCUT2D eigenvalue weighted by atomic mass is 16.5. The van der Waals surface area contributed by atoms with Gasteiger partial charge >= 0.3 is 17.9 Å². The number of nitrogens with zero attached hydrogens (tertiary/aromatic N) is 2. The molecule has 1 saturated heterocycles. The van der Waals surface area contributed by atoms with E-state index in [1.54, 1.807) is 14.2 Å². The molecule has 2 aromatic rings. The van der Waals surface area contributed by atoms with E-state index in [0.717, 1.165) is 62.0 Å². The SMILES string of the molecule is CNc1ncccc1CN(Cc1ccc(OC)cc1OC)CC1CCCO1.O=C(O)CC(O)(CC(=O)O)C(=O)O. The van der Waals surface area contributed by atoms with Gasteiger partial charge in [0, 0.05) is 56.7 Å². The molecule has 0 amide bonds. The van der Waals surface area contributed by atoms with E-state index in [9.17, 15) is 14.4 Å². The van der Waals surface area contributed by atoms with Gasteiger partial charge in [-0.2, -0.15) is 0 Å². The molecule has 1 aliphatic heterocycles. The van der Waals surface area contributed by atoms with Crippen LogP contribution in [0.1, 0.15) is 36.8 Å². The first-order valence-corrected chi connectivity index (χ1v) is 12.6. The van der Waals surface area contributed by atoms with E-state index in [2.05, 4.69) is 27.3 Å². The highest BCUT2D eigenvalue weighted by molar-refractivity contribution is 5.88. The molecular formula is C27H37N3O10. The standard InChI is InChI=1S/C21H29N3O3.C6H8O7/c1-22-21-17(6-4-10-23-21)14-24(15-19-7-5-11-27-19)13-16-8-9-18(25-2)12-20(16)26-3;7-3(8)1-6(13,5(11)12)2-4(9)10/h4,6,8-10,12,19H,5,7,11,13-15H2,1-3H3,(H,22,23);13H,1-2H2,(H,7,8)(H,9,10)(H,11,12). The fourth-order valence-electron chi connectivity index (χ4n) is 4.23. The topological polar surface area (TPSA) is 188 Å². The van der Waals surface area contributed by atoms with Crippen molar-refractivity contribution in [3.8, 4) is 11.5 Å². The van der Waals surface area contributed by atoms with E-state index in [0.29, 0.717) is 0 Å². The number of rotatable bonds is 14. The van der Waals surface area contributed by atoms with Crippen LogP contribution in [0.15, 0.2) is 36.5 Å². The summed E-state index contributed by atoms with van der Waals surface area (Å²) in [5.74, 6) is -2.47. The van der Waals surface area contributed by atoms with Gasteiger partial charge < -0.3 is 40.0 Å². The molecule has 0 bridgehead atoms. The molecule has 2 heterocycles. The second-order valence-corrected chi connectivity index (χ2v) is 9.22. The quantitative estimate of drug-likeness (QED) is 0.225. The molecule has 1 fully saturated rings. The molecule has 1 aromatic carbocycles. The summed E-state index contributed by atoms with van der Waals surface area (Å²) in [5.41, 5.74) is -0.436. The maximum absolute atomic E-state index is 10.3. The van der Waals surface area contributed by atoms with Gasteiger partial charge in [0.05, 0.1) is 33.2 Å². The van der Waals surface area contributed by atoms with Crippen LogP contribution in [0.2, 0.25) is 0 Å². The summed E-state index contributed by atoms with van der Waals surface area (Å²) in [6, 6.07) is 10.1. The number of aliphatic hydroxyl groups is 1. The Morgan fingerprint density at radius 1 is 1.07 bits per heavy atom. The van der Waals surface area contributed by atoms with E-state index in [1.807, 2.05) is 31.4 Å². The molecule has 220 valence electrons. The predicted octanol–water partition coefficient (Wildman–Crippen LogP) is 2.07. The molecule has 13 nitrogen and oxygen atoms in total. The van der Waals surface area contributed by atoms with Crippen LogP contribution in [-0.2, 0) is 32.2 Å². The van der Waals surface area contributed by atoms with Crippen LogP contribution >= 0.6 is 0 Å². The van der Waals surface area contributed by atoms with Gasteiger partial charge in [-0.1, -0.05) is 12.1 Å². The number of carboxylic acids is 3. The van der Waals surface area contributed by atoms with E-state index < -0.39 is 36.4 Å². The van der Waals surface area contributed by atoms with Crippen molar-refractivity contribution in [3.63, 3.8) is 0 Å². The van der Waals surface area contributed by atoms with Crippen LogP contribution in [-0.4, -0.2) is 94.3 Å². The lowest BCUT2D eigenvalue weighted by molar-refractivity contribution is -0.170. The van der Waals surface area contributed by atoms with Crippen molar-refractivity contribution in [2.75, 3.05) is 39.7 Å². The zero-order valence-corrected chi connectivity index (χ0v) is 22.8. The number of carboxylic acid groups (broad SMARTS) is 3. The monoisotopic (exact) mass is 563 g/mol. The minimum atomic E-state index is -2.74. The lowest BCUT2D eigenvalue weighted by atomic mass is 9.96. The normalized spacial score (nSPS) is 14.7. The third-order valence-electron chi connectivity index (χ3n) is 6.18. The Hall–Kier alpha value is -3.94. The highest BCUT2D eigenvalue weighted by Crippen LogP contribution is 2.27. The maximum atomic E-state index is 10.3. The minimum Gasteiger partial charge on any atom is -0.497 e. The average molecular weight is 564 g/mol. The lowest BCUT2D eigenvalue weighted by Gasteiger charge is -2.27. The summed E-state index contributed by atoms with van der Waals surface area (Å²) in [6.07, 6.45) is 2.06. The van der Waals surface area contributed by atoms with Crippen LogP contribution in [0, 0.1) is 0 Å². The molecule has 0 saturated carbocycles. The number of hydrogen-bond acceptors (Lipinski definition) is 10. The Morgan fingerprint density at radius 3 is 2.27 bits per heavy atom. The van der Waals surface area contributed by atoms with E-state index in [-0.39, 0.29) is 6.10 Å². The summed E-state index contributed by atoms with van der Waals surface area (Å²) in [5, 5.41) is 37.0. The van der Waals surface area contributed by atoms with Gasteiger partial charge in [-0.05, 0) is 25.0 Å². The van der Waals surface area contributed by atoms with Crippen LogP contribution in [0.25, 0.3) is 0 Å². The molecule has 3 rings (SSSR count). The molecule has 40 heavy (non-hydrogen) atoms. The Balaban J connectivity index is 0.000000366. The molecule has 1 atom stereocenters. The lowest BCUT2D eigenvalue weighted by Crippen LogP contribution is -2.42. The van der Waals surface area contributed by atoms with E-state index in [1.165, 1.54) is 5.56 Å². The summed E-state index contributed by atoms with van der Waals surface area (Å²) in [7, 11) is 5.27. The van der Waals surface area contributed by atoms with Gasteiger partial charge in [-0.25, -0.2) is 9.78 Å². The summed E-state index contributed by atoms with van der Waals surface area (Å²) in [6.45, 7) is 3.30. The number of hydrogen-bond donors (Lipinski definition) is 5. The number of ether oxygens (including phenoxy) is 3. The van der Waals surface area contributed by atoms with Crippen molar-refractivity contribution < 1.29 is 49.0 Å². The van der Waals surface area contributed by atoms with Crippen molar-refractivity contribution in [1.29, 1.82) is 0 Å². The number of nitrogens with one attached hydrogen (secondary N) is 1. The fraction of sp³-hybridized carbons (Fsp3) is 0.481. The van der Waals surface area contributed by atoms with Crippen LogP contribution in [0.5, 0.6) is 11.5 Å². The first-order chi connectivity index (χ1) is 19.0. The number of carbonyl (C=O) groups is 3. The van der Waals surface area contributed by atoms with Crippen molar-refractivity contribution in [2.24, 2.45) is 0 Å². The Kier molecular flexibility index (Phi) is 12.6.